The third-order valence-electron chi connectivity index (χ3n) is 4.34. The molecule has 1 N–H and O–H groups in total. The van der Waals surface area contributed by atoms with E-state index >= 15 is 0 Å². The number of thiazole rings is 1. The van der Waals surface area contributed by atoms with E-state index in [1.54, 1.807) is 12.1 Å². The first kappa shape index (κ1) is 19.5. The standard InChI is InChI=1S/C21H19N3O3S2/c1-12-4-6-16(13(2)8-12)19-23-24-21(27-19)29-11-15-10-28-20(22-15)14-5-7-17(25)18(9-14)26-3/h4-10,25H,11H2,1-3H3. The first-order valence-corrected chi connectivity index (χ1v) is 10.8. The molecule has 29 heavy (non-hydrogen) atoms. The van der Waals surface area contributed by atoms with Gasteiger partial charge in [-0.15, -0.1) is 21.5 Å². The van der Waals surface area contributed by atoms with Crippen molar-refractivity contribution in [3.63, 3.8) is 0 Å². The minimum atomic E-state index is 0.111. The Hall–Kier alpha value is -2.84. The van der Waals surface area contributed by atoms with Gasteiger partial charge in [0.1, 0.15) is 5.01 Å². The maximum atomic E-state index is 9.74. The molecule has 0 aliphatic rings. The van der Waals surface area contributed by atoms with Crippen LogP contribution in [-0.2, 0) is 5.75 Å². The quantitative estimate of drug-likeness (QED) is 0.409. The van der Waals surface area contributed by atoms with Crippen molar-refractivity contribution < 1.29 is 14.3 Å². The number of hydrogen-bond donors (Lipinski definition) is 1. The smallest absolute Gasteiger partial charge is 0.277 e. The summed E-state index contributed by atoms with van der Waals surface area (Å²) in [5.74, 6) is 1.69. The van der Waals surface area contributed by atoms with E-state index in [2.05, 4.69) is 28.2 Å². The van der Waals surface area contributed by atoms with E-state index in [4.69, 9.17) is 9.15 Å². The molecule has 2 aromatic carbocycles. The van der Waals surface area contributed by atoms with Crippen molar-refractivity contribution in [3.8, 4) is 33.5 Å². The van der Waals surface area contributed by atoms with Crippen LogP contribution in [0.5, 0.6) is 11.5 Å². The summed E-state index contributed by atoms with van der Waals surface area (Å²) < 4.78 is 11.0. The van der Waals surface area contributed by atoms with E-state index in [9.17, 15) is 5.11 Å². The molecule has 0 unspecified atom stereocenters. The topological polar surface area (TPSA) is 81.3 Å². The fraction of sp³-hybridized carbons (Fsp3) is 0.190. The van der Waals surface area contributed by atoms with Gasteiger partial charge in [-0.2, -0.15) is 0 Å². The number of ether oxygens (including phenoxy) is 1. The highest BCUT2D eigenvalue weighted by atomic mass is 32.2. The molecule has 0 saturated heterocycles. The van der Waals surface area contributed by atoms with Crippen LogP contribution in [0.15, 0.2) is 51.4 Å². The molecule has 0 amide bonds. The van der Waals surface area contributed by atoms with Crippen LogP contribution in [0.3, 0.4) is 0 Å². The normalized spacial score (nSPS) is 11.0. The van der Waals surface area contributed by atoms with Gasteiger partial charge >= 0.3 is 0 Å². The molecule has 4 aromatic rings. The van der Waals surface area contributed by atoms with Gasteiger partial charge in [0.05, 0.1) is 12.8 Å². The predicted molar refractivity (Wildman–Crippen MR) is 115 cm³/mol. The highest BCUT2D eigenvalue weighted by molar-refractivity contribution is 7.98. The lowest BCUT2D eigenvalue weighted by molar-refractivity contribution is 0.373. The van der Waals surface area contributed by atoms with E-state index in [0.29, 0.717) is 22.6 Å². The Morgan fingerprint density at radius 2 is 2.00 bits per heavy atom. The highest BCUT2D eigenvalue weighted by Gasteiger charge is 2.13. The lowest BCUT2D eigenvalue weighted by atomic mass is 10.1. The van der Waals surface area contributed by atoms with Crippen LogP contribution in [0.4, 0.5) is 0 Å². The molecule has 0 radical (unpaired) electrons. The van der Waals surface area contributed by atoms with Crippen molar-refractivity contribution in [1.82, 2.24) is 15.2 Å². The fourth-order valence-corrected chi connectivity index (χ4v) is 4.46. The molecule has 0 aliphatic heterocycles. The lowest BCUT2D eigenvalue weighted by Gasteiger charge is -2.04. The Morgan fingerprint density at radius 3 is 2.79 bits per heavy atom. The summed E-state index contributed by atoms with van der Waals surface area (Å²) >= 11 is 3.00. The van der Waals surface area contributed by atoms with Crippen LogP contribution in [-0.4, -0.2) is 27.4 Å². The van der Waals surface area contributed by atoms with Crippen LogP contribution in [0.1, 0.15) is 16.8 Å². The summed E-state index contributed by atoms with van der Waals surface area (Å²) in [6, 6.07) is 11.3. The number of methoxy groups -OCH3 is 1. The number of rotatable bonds is 6. The molecule has 0 bridgehead atoms. The highest BCUT2D eigenvalue weighted by Crippen LogP contribution is 2.34. The molecule has 2 aromatic heterocycles. The van der Waals surface area contributed by atoms with Crippen molar-refractivity contribution in [2.75, 3.05) is 7.11 Å². The Labute approximate surface area is 176 Å². The Kier molecular flexibility index (Phi) is 5.55. The van der Waals surface area contributed by atoms with Crippen LogP contribution < -0.4 is 4.74 Å². The van der Waals surface area contributed by atoms with Gasteiger partial charge in [0.15, 0.2) is 11.5 Å². The van der Waals surface area contributed by atoms with Crippen molar-refractivity contribution in [2.45, 2.75) is 24.8 Å². The van der Waals surface area contributed by atoms with Crippen LogP contribution in [0.2, 0.25) is 0 Å². The van der Waals surface area contributed by atoms with Gasteiger partial charge in [0.25, 0.3) is 5.22 Å². The molecule has 8 heteroatoms. The average molecular weight is 426 g/mol. The van der Waals surface area contributed by atoms with Gasteiger partial charge < -0.3 is 14.3 Å². The van der Waals surface area contributed by atoms with E-state index in [0.717, 1.165) is 27.4 Å². The van der Waals surface area contributed by atoms with Crippen LogP contribution in [0, 0.1) is 13.8 Å². The Bertz CT molecular complexity index is 1150. The van der Waals surface area contributed by atoms with Gasteiger partial charge in [-0.25, -0.2) is 4.98 Å². The zero-order valence-electron chi connectivity index (χ0n) is 16.2. The van der Waals surface area contributed by atoms with Gasteiger partial charge in [-0.1, -0.05) is 29.5 Å². The molecule has 6 nitrogen and oxygen atoms in total. The summed E-state index contributed by atoms with van der Waals surface area (Å²) in [6.45, 7) is 4.09. The monoisotopic (exact) mass is 425 g/mol. The van der Waals surface area contributed by atoms with E-state index < -0.39 is 0 Å². The third-order valence-corrected chi connectivity index (χ3v) is 6.13. The number of thioether (sulfide) groups is 1. The van der Waals surface area contributed by atoms with Crippen molar-refractivity contribution >= 4 is 23.1 Å². The van der Waals surface area contributed by atoms with Crippen molar-refractivity contribution in [3.05, 3.63) is 58.6 Å². The summed E-state index contributed by atoms with van der Waals surface area (Å²) in [6.07, 6.45) is 0. The summed E-state index contributed by atoms with van der Waals surface area (Å²) in [7, 11) is 1.53. The predicted octanol–water partition coefficient (Wildman–Crippen LogP) is 5.48. The zero-order chi connectivity index (χ0) is 20.4. The molecule has 0 fully saturated rings. The molecular weight excluding hydrogens is 406 g/mol. The first-order chi connectivity index (χ1) is 14.0. The molecule has 0 spiro atoms. The minimum absolute atomic E-state index is 0.111. The van der Waals surface area contributed by atoms with Crippen molar-refractivity contribution in [2.24, 2.45) is 0 Å². The Morgan fingerprint density at radius 1 is 1.14 bits per heavy atom. The number of phenolic OH excluding ortho intramolecular Hbond substituents is 1. The van der Waals surface area contributed by atoms with Gasteiger partial charge in [-0.05, 0) is 43.7 Å². The fourth-order valence-electron chi connectivity index (χ4n) is 2.88. The number of aryl methyl sites for hydroxylation is 2. The first-order valence-electron chi connectivity index (χ1n) is 8.89. The lowest BCUT2D eigenvalue weighted by Crippen LogP contribution is -1.86. The summed E-state index contributed by atoms with van der Waals surface area (Å²) in [5.41, 5.74) is 5.08. The second-order valence-electron chi connectivity index (χ2n) is 6.51. The SMILES string of the molecule is COc1cc(-c2nc(CSc3nnc(-c4ccc(C)cc4C)o3)cs2)ccc1O. The van der Waals surface area contributed by atoms with Crippen LogP contribution in [0.25, 0.3) is 22.0 Å². The van der Waals surface area contributed by atoms with Gasteiger partial charge in [-0.3, -0.25) is 0 Å². The number of benzene rings is 2. The molecule has 0 aliphatic carbocycles. The van der Waals surface area contributed by atoms with E-state index in [1.165, 1.54) is 35.8 Å². The third kappa shape index (κ3) is 4.28. The Balaban J connectivity index is 1.45. The molecular formula is C21H19N3O3S2. The molecule has 0 atom stereocenters. The van der Waals surface area contributed by atoms with Crippen LogP contribution >= 0.6 is 23.1 Å². The molecule has 2 heterocycles. The number of aromatic nitrogens is 3. The molecule has 0 saturated carbocycles. The largest absolute Gasteiger partial charge is 0.504 e. The molecule has 148 valence electrons. The number of nitrogens with zero attached hydrogens (tertiary/aromatic N) is 3. The number of phenols is 1. The summed E-state index contributed by atoms with van der Waals surface area (Å²) in [5, 5.41) is 21.4. The van der Waals surface area contributed by atoms with Gasteiger partial charge in [0.2, 0.25) is 5.89 Å². The number of aromatic hydroxyl groups is 1. The minimum Gasteiger partial charge on any atom is -0.504 e. The van der Waals surface area contributed by atoms with Crippen molar-refractivity contribution in [1.29, 1.82) is 0 Å². The zero-order valence-corrected chi connectivity index (χ0v) is 17.8. The molecule has 4 rings (SSSR count). The average Bonchev–Trinajstić information content (AvgIpc) is 3.36. The van der Waals surface area contributed by atoms with E-state index in [-0.39, 0.29) is 5.75 Å². The second kappa shape index (κ2) is 8.26. The maximum absolute atomic E-state index is 9.74. The second-order valence-corrected chi connectivity index (χ2v) is 8.30. The number of hydrogen-bond acceptors (Lipinski definition) is 8. The maximum Gasteiger partial charge on any atom is 0.277 e. The van der Waals surface area contributed by atoms with E-state index in [1.807, 2.05) is 30.5 Å². The van der Waals surface area contributed by atoms with Gasteiger partial charge in [0, 0.05) is 22.3 Å². The summed E-state index contributed by atoms with van der Waals surface area (Å²) in [4.78, 5) is 4.66.